The molecule has 0 bridgehead atoms. The Kier molecular flexibility index (Phi) is 5.01. The van der Waals surface area contributed by atoms with Crippen LogP contribution in [-0.2, 0) is 13.0 Å². The van der Waals surface area contributed by atoms with Gasteiger partial charge in [-0.1, -0.05) is 41.9 Å². The van der Waals surface area contributed by atoms with Crippen LogP contribution in [0, 0.1) is 5.41 Å². The third-order valence-corrected chi connectivity index (χ3v) is 6.01. The van der Waals surface area contributed by atoms with Gasteiger partial charge in [0.25, 0.3) is 0 Å². The predicted octanol–water partition coefficient (Wildman–Crippen LogP) is 5.01. The molecule has 4 rings (SSSR count). The summed E-state index contributed by atoms with van der Waals surface area (Å²) in [5.41, 5.74) is 3.91. The Hall–Kier alpha value is -1.84. The van der Waals surface area contributed by atoms with Crippen LogP contribution in [0.15, 0.2) is 53.5 Å². The number of nitrogens with zero attached hydrogens (tertiary/aromatic N) is 2. The highest BCUT2D eigenvalue weighted by Crippen LogP contribution is 2.42. The molecule has 1 N–H and O–H groups in total. The summed E-state index contributed by atoms with van der Waals surface area (Å²) in [6.45, 7) is 2.97. The van der Waals surface area contributed by atoms with Crippen LogP contribution in [0.1, 0.15) is 30.4 Å². The molecule has 0 saturated carbocycles. The molecule has 26 heavy (non-hydrogen) atoms. The second-order valence-electron chi connectivity index (χ2n) is 7.69. The van der Waals surface area contributed by atoms with Crippen LogP contribution in [0.3, 0.4) is 0 Å². The van der Waals surface area contributed by atoms with Crippen LogP contribution < -0.4 is 5.32 Å². The van der Waals surface area contributed by atoms with E-state index >= 15 is 0 Å². The van der Waals surface area contributed by atoms with Crippen molar-refractivity contribution in [3.63, 3.8) is 0 Å². The second-order valence-corrected chi connectivity index (χ2v) is 8.13. The fraction of sp³-hybridized carbons (Fsp3) is 0.409. The van der Waals surface area contributed by atoms with Crippen molar-refractivity contribution < 1.29 is 0 Å². The summed E-state index contributed by atoms with van der Waals surface area (Å²) in [5.74, 6) is 1.16. The zero-order valence-electron chi connectivity index (χ0n) is 15.3. The number of rotatable bonds is 2. The van der Waals surface area contributed by atoms with Gasteiger partial charge in [0.15, 0.2) is 0 Å². The van der Waals surface area contributed by atoms with E-state index in [1.807, 2.05) is 18.2 Å². The highest BCUT2D eigenvalue weighted by atomic mass is 35.5. The fourth-order valence-electron chi connectivity index (χ4n) is 4.26. The van der Waals surface area contributed by atoms with Gasteiger partial charge in [0.1, 0.15) is 5.84 Å². The topological polar surface area (TPSA) is 27.6 Å². The molecule has 2 aromatic carbocycles. The quantitative estimate of drug-likeness (QED) is 0.808. The first-order valence-electron chi connectivity index (χ1n) is 9.47. The lowest BCUT2D eigenvalue weighted by atomic mass is 9.72. The summed E-state index contributed by atoms with van der Waals surface area (Å²) < 4.78 is 0. The van der Waals surface area contributed by atoms with Gasteiger partial charge >= 0.3 is 0 Å². The molecule has 1 spiro atoms. The number of para-hydroxylation sites is 1. The number of hydrogen-bond donors (Lipinski definition) is 1. The normalized spacial score (nSPS) is 24.9. The summed E-state index contributed by atoms with van der Waals surface area (Å²) in [7, 11) is 2.23. The van der Waals surface area contributed by atoms with E-state index in [0.717, 1.165) is 35.8 Å². The smallest absolute Gasteiger partial charge is 0.108 e. The molecule has 0 amide bonds. The summed E-state index contributed by atoms with van der Waals surface area (Å²) in [4.78, 5) is 7.51. The van der Waals surface area contributed by atoms with Crippen molar-refractivity contribution in [3.05, 3.63) is 64.7 Å². The molecular formula is C22H26ClN3. The fourth-order valence-corrected chi connectivity index (χ4v) is 4.47. The number of nitrogens with one attached hydrogen (secondary N) is 1. The Labute approximate surface area is 161 Å². The number of benzene rings is 2. The third kappa shape index (κ3) is 3.65. The molecule has 2 aliphatic heterocycles. The molecule has 2 aliphatic rings. The molecule has 1 fully saturated rings. The van der Waals surface area contributed by atoms with Gasteiger partial charge in [0.2, 0.25) is 0 Å². The summed E-state index contributed by atoms with van der Waals surface area (Å²) in [6.07, 6.45) is 4.64. The molecule has 1 saturated heterocycles. The van der Waals surface area contributed by atoms with Gasteiger partial charge in [-0.25, -0.2) is 0 Å². The number of likely N-dealkylation sites (tertiary alicyclic amines) is 1. The van der Waals surface area contributed by atoms with Crippen molar-refractivity contribution in [3.8, 4) is 0 Å². The number of hydrogen-bond acceptors (Lipinski definition) is 2. The maximum Gasteiger partial charge on any atom is 0.108 e. The number of amidine groups is 1. The van der Waals surface area contributed by atoms with E-state index in [9.17, 15) is 0 Å². The lowest BCUT2D eigenvalue weighted by Crippen LogP contribution is -2.42. The molecule has 2 heterocycles. The Morgan fingerprint density at radius 1 is 1.12 bits per heavy atom. The Morgan fingerprint density at radius 3 is 2.88 bits per heavy atom. The minimum Gasteiger partial charge on any atom is -0.343 e. The van der Waals surface area contributed by atoms with Crippen LogP contribution in [0.2, 0.25) is 5.02 Å². The first-order valence-corrected chi connectivity index (χ1v) is 9.85. The molecular weight excluding hydrogens is 342 g/mol. The standard InChI is InChI=1S/C22H26ClN3/c1-26-12-5-10-22(11-13-26)15-18-7-2-3-9-20(18)25-21(22)24-16-17-6-4-8-19(23)14-17/h2-4,6-9,14H,5,10-13,15-16H2,1H3,(H,24,25). The molecule has 0 aliphatic carbocycles. The number of halogens is 1. The van der Waals surface area contributed by atoms with Gasteiger partial charge in [-0.05, 0) is 75.1 Å². The molecule has 2 aromatic rings. The SMILES string of the molecule is CN1CCCC2(CC1)Cc1ccccc1NC2=NCc1cccc(Cl)c1. The second kappa shape index (κ2) is 7.42. The van der Waals surface area contributed by atoms with E-state index in [4.69, 9.17) is 16.6 Å². The Morgan fingerprint density at radius 2 is 2.00 bits per heavy atom. The molecule has 4 heteroatoms. The minimum atomic E-state index is 0.123. The third-order valence-electron chi connectivity index (χ3n) is 5.78. The maximum atomic E-state index is 6.14. The number of aliphatic imine (C=N–C) groups is 1. The van der Waals surface area contributed by atoms with Crippen LogP contribution in [-0.4, -0.2) is 30.9 Å². The maximum absolute atomic E-state index is 6.14. The average Bonchev–Trinajstić information content (AvgIpc) is 2.82. The van der Waals surface area contributed by atoms with Gasteiger partial charge in [-0.15, -0.1) is 0 Å². The van der Waals surface area contributed by atoms with E-state index < -0.39 is 0 Å². The van der Waals surface area contributed by atoms with E-state index in [0.29, 0.717) is 6.54 Å². The van der Waals surface area contributed by atoms with Crippen LogP contribution in [0.25, 0.3) is 0 Å². The molecule has 1 unspecified atom stereocenters. The van der Waals surface area contributed by atoms with Crippen LogP contribution in [0.5, 0.6) is 0 Å². The van der Waals surface area contributed by atoms with E-state index in [2.05, 4.69) is 47.6 Å². The minimum absolute atomic E-state index is 0.123. The Balaban J connectivity index is 1.67. The van der Waals surface area contributed by atoms with Crippen molar-refractivity contribution >= 4 is 23.1 Å². The predicted molar refractivity (Wildman–Crippen MR) is 110 cm³/mol. The van der Waals surface area contributed by atoms with Crippen LogP contribution in [0.4, 0.5) is 5.69 Å². The van der Waals surface area contributed by atoms with Crippen molar-refractivity contribution in [2.45, 2.75) is 32.2 Å². The van der Waals surface area contributed by atoms with Gasteiger partial charge in [-0.3, -0.25) is 4.99 Å². The zero-order valence-corrected chi connectivity index (χ0v) is 16.1. The van der Waals surface area contributed by atoms with Gasteiger partial charge < -0.3 is 10.2 Å². The first kappa shape index (κ1) is 17.6. The first-order chi connectivity index (χ1) is 12.6. The van der Waals surface area contributed by atoms with E-state index in [-0.39, 0.29) is 5.41 Å². The van der Waals surface area contributed by atoms with Gasteiger partial charge in [0.05, 0.1) is 6.54 Å². The molecule has 136 valence electrons. The van der Waals surface area contributed by atoms with Crippen molar-refractivity contribution in [2.24, 2.45) is 10.4 Å². The Bertz CT molecular complexity index is 817. The monoisotopic (exact) mass is 367 g/mol. The largest absolute Gasteiger partial charge is 0.343 e. The molecule has 0 aromatic heterocycles. The van der Waals surface area contributed by atoms with Crippen molar-refractivity contribution in [1.29, 1.82) is 0 Å². The lowest BCUT2D eigenvalue weighted by molar-refractivity contribution is 0.319. The van der Waals surface area contributed by atoms with Crippen LogP contribution >= 0.6 is 11.6 Å². The number of anilines is 1. The summed E-state index contributed by atoms with van der Waals surface area (Å²) >= 11 is 6.14. The highest BCUT2D eigenvalue weighted by Gasteiger charge is 2.40. The zero-order chi connectivity index (χ0) is 18.0. The average molecular weight is 368 g/mol. The number of fused-ring (bicyclic) bond motifs is 1. The van der Waals surface area contributed by atoms with E-state index in [1.165, 1.54) is 30.6 Å². The summed E-state index contributed by atoms with van der Waals surface area (Å²) in [6, 6.07) is 16.7. The highest BCUT2D eigenvalue weighted by molar-refractivity contribution is 6.30. The van der Waals surface area contributed by atoms with Crippen molar-refractivity contribution in [1.82, 2.24) is 4.90 Å². The van der Waals surface area contributed by atoms with Gasteiger partial charge in [-0.2, -0.15) is 0 Å². The summed E-state index contributed by atoms with van der Waals surface area (Å²) in [5, 5.41) is 4.46. The van der Waals surface area contributed by atoms with Crippen molar-refractivity contribution in [2.75, 3.05) is 25.5 Å². The molecule has 1 atom stereocenters. The molecule has 0 radical (unpaired) electrons. The van der Waals surface area contributed by atoms with E-state index in [1.54, 1.807) is 0 Å². The lowest BCUT2D eigenvalue weighted by Gasteiger charge is -2.39. The molecule has 3 nitrogen and oxygen atoms in total. The van der Waals surface area contributed by atoms with Gasteiger partial charge in [0, 0.05) is 16.1 Å².